The van der Waals surface area contributed by atoms with E-state index >= 15 is 0 Å². The lowest BCUT2D eigenvalue weighted by atomic mass is 10.0. The van der Waals surface area contributed by atoms with Gasteiger partial charge in [0, 0.05) is 6.07 Å². The Labute approximate surface area is 423 Å². The molecule has 0 heterocycles. The third-order valence-electron chi connectivity index (χ3n) is 12.4. The number of azo groups is 1. The third-order valence-corrected chi connectivity index (χ3v) is 12.4. The lowest BCUT2D eigenvalue weighted by Gasteiger charge is -2.08. The lowest BCUT2D eigenvalue weighted by molar-refractivity contribution is 0.0723. The molecule has 0 spiro atoms. The maximum absolute atomic E-state index is 13.0. The molecule has 5 aromatic rings. The predicted molar refractivity (Wildman–Crippen MR) is 284 cm³/mol. The Bertz CT molecular complexity index is 2270. The van der Waals surface area contributed by atoms with Crippen molar-refractivity contribution in [3.63, 3.8) is 0 Å². The Morgan fingerprint density at radius 3 is 1.01 bits per heavy atom. The summed E-state index contributed by atoms with van der Waals surface area (Å²) < 4.78 is 28.5. The number of benzene rings is 5. The van der Waals surface area contributed by atoms with Crippen LogP contribution in [0, 0.1) is 0 Å². The molecule has 0 N–H and O–H groups in total. The Hall–Kier alpha value is -6.29. The summed E-state index contributed by atoms with van der Waals surface area (Å²) in [6.45, 7) is 5.83. The summed E-state index contributed by atoms with van der Waals surface area (Å²) in [5.74, 6) is 0.828. The van der Waals surface area contributed by atoms with Crippen LogP contribution < -0.4 is 23.7 Å². The van der Waals surface area contributed by atoms with Crippen molar-refractivity contribution in [3.8, 4) is 28.7 Å². The number of carbonyl (C=O) groups excluding carboxylic acids is 3. The number of hydrogen-bond acceptors (Lipinski definition) is 10. The number of rotatable bonds is 36. The molecule has 5 aromatic carbocycles. The van der Waals surface area contributed by atoms with E-state index in [1.165, 1.54) is 147 Å². The molecule has 10 heteroatoms. The molecule has 0 aliphatic rings. The van der Waals surface area contributed by atoms with Crippen LogP contribution in [-0.2, 0) is 0 Å². The van der Waals surface area contributed by atoms with Gasteiger partial charge in [0.05, 0.1) is 41.3 Å². The second kappa shape index (κ2) is 34.1. The van der Waals surface area contributed by atoms with Gasteiger partial charge in [-0.2, -0.15) is 10.2 Å². The molecule has 0 aliphatic carbocycles. The quantitative estimate of drug-likeness (QED) is 0.0168. The molecule has 0 radical (unpaired) electrons. The van der Waals surface area contributed by atoms with Crippen LogP contribution in [0.1, 0.15) is 199 Å². The van der Waals surface area contributed by atoms with Crippen molar-refractivity contribution in [3.05, 3.63) is 138 Å². The molecule has 0 atom stereocenters. The monoisotopic (exact) mass is 967 g/mol. The molecule has 0 fully saturated rings. The first kappa shape index (κ1) is 55.6. The summed E-state index contributed by atoms with van der Waals surface area (Å²) in [5.41, 5.74) is 2.10. The normalized spacial score (nSPS) is 11.1. The van der Waals surface area contributed by atoms with Gasteiger partial charge in [0.25, 0.3) is 0 Å². The van der Waals surface area contributed by atoms with E-state index in [1.54, 1.807) is 109 Å². The lowest BCUT2D eigenvalue weighted by Crippen LogP contribution is -2.10. The molecule has 71 heavy (non-hydrogen) atoms. The van der Waals surface area contributed by atoms with Crippen molar-refractivity contribution in [2.24, 2.45) is 10.2 Å². The van der Waals surface area contributed by atoms with Gasteiger partial charge in [0.15, 0.2) is 0 Å². The van der Waals surface area contributed by atoms with Gasteiger partial charge in [-0.15, -0.1) is 0 Å². The highest BCUT2D eigenvalue weighted by Crippen LogP contribution is 2.26. The third kappa shape index (κ3) is 23.0. The minimum Gasteiger partial charge on any atom is -0.494 e. The molecule has 0 saturated carbocycles. The number of esters is 3. The largest absolute Gasteiger partial charge is 0.494 e. The van der Waals surface area contributed by atoms with E-state index in [1.807, 2.05) is 0 Å². The van der Waals surface area contributed by atoms with E-state index in [9.17, 15) is 14.4 Å². The van der Waals surface area contributed by atoms with Gasteiger partial charge in [0.2, 0.25) is 0 Å². The van der Waals surface area contributed by atoms with Gasteiger partial charge in [-0.3, -0.25) is 0 Å². The number of hydrogen-bond donors (Lipinski definition) is 0. The molecule has 0 bridgehead atoms. The highest BCUT2D eigenvalue weighted by molar-refractivity contribution is 5.93. The van der Waals surface area contributed by atoms with E-state index in [0.29, 0.717) is 53.0 Å². The first-order valence-corrected chi connectivity index (χ1v) is 26.7. The summed E-state index contributed by atoms with van der Waals surface area (Å²) in [6, 6.07) is 33.5. The van der Waals surface area contributed by atoms with Gasteiger partial charge in [0.1, 0.15) is 28.7 Å². The minimum absolute atomic E-state index is 0.276. The SMILES string of the molecule is CCCCCCCCCCCCCCCCOc1ccc(C(=O)Oc2ccc(N=Nc3cccc(OC(=O)c4ccc(OC(=O)c5ccc(OCCCCCCCCCCCC)cc5)cc4)c3)cc2)cc1. The summed E-state index contributed by atoms with van der Waals surface area (Å²) in [6.07, 6.45) is 31.2. The molecule has 0 aromatic heterocycles. The second-order valence-electron chi connectivity index (χ2n) is 18.4. The van der Waals surface area contributed by atoms with Crippen molar-refractivity contribution >= 4 is 29.3 Å². The van der Waals surface area contributed by atoms with Crippen molar-refractivity contribution < 1.29 is 38.1 Å². The van der Waals surface area contributed by atoms with Gasteiger partial charge >= 0.3 is 17.9 Å². The molecule has 380 valence electrons. The van der Waals surface area contributed by atoms with Crippen molar-refractivity contribution in [2.45, 2.75) is 168 Å². The van der Waals surface area contributed by atoms with Gasteiger partial charge in [-0.05, 0) is 122 Å². The van der Waals surface area contributed by atoms with Crippen LogP contribution in [0.15, 0.2) is 132 Å². The topological polar surface area (TPSA) is 122 Å². The minimum atomic E-state index is -0.588. The first-order valence-electron chi connectivity index (χ1n) is 26.7. The average Bonchev–Trinajstić information content (AvgIpc) is 3.39. The van der Waals surface area contributed by atoms with E-state index in [4.69, 9.17) is 23.7 Å². The fourth-order valence-corrected chi connectivity index (χ4v) is 8.10. The summed E-state index contributed by atoms with van der Waals surface area (Å²) in [7, 11) is 0. The molecule has 0 saturated heterocycles. The van der Waals surface area contributed by atoms with Crippen LogP contribution in [0.5, 0.6) is 28.7 Å². The Kier molecular flexibility index (Phi) is 26.7. The standard InChI is InChI=1S/C61H78N2O8/c1-3-5-7-9-11-13-15-16-17-18-20-22-24-26-47-68-55-40-32-50(33-41-55)60(65)70-57-44-36-52(37-45-57)62-63-53-28-27-29-58(48-53)71-61(66)51-34-42-56(43-35-51)69-59(64)49-30-38-54(39-31-49)67-46-25-23-21-19-14-12-10-8-6-4-2/h27-45,48H,3-26,46-47H2,1-2H3. The predicted octanol–water partition coefficient (Wildman–Crippen LogP) is 17.9. The summed E-state index contributed by atoms with van der Waals surface area (Å²) in [4.78, 5) is 38.7. The molecule has 0 aliphatic heterocycles. The van der Waals surface area contributed by atoms with Crippen LogP contribution >= 0.6 is 0 Å². The zero-order valence-corrected chi connectivity index (χ0v) is 42.6. The smallest absolute Gasteiger partial charge is 0.343 e. The van der Waals surface area contributed by atoms with Crippen LogP contribution in [0.3, 0.4) is 0 Å². The average molecular weight is 967 g/mol. The Morgan fingerprint density at radius 1 is 0.324 bits per heavy atom. The van der Waals surface area contributed by atoms with Crippen LogP contribution in [-0.4, -0.2) is 31.1 Å². The van der Waals surface area contributed by atoms with E-state index in [-0.39, 0.29) is 11.3 Å². The van der Waals surface area contributed by atoms with Gasteiger partial charge < -0.3 is 23.7 Å². The fourth-order valence-electron chi connectivity index (χ4n) is 8.10. The molecule has 10 nitrogen and oxygen atoms in total. The first-order chi connectivity index (χ1) is 34.9. The maximum atomic E-state index is 13.0. The molecule has 0 amide bonds. The van der Waals surface area contributed by atoms with Crippen LogP contribution in [0.25, 0.3) is 0 Å². The highest BCUT2D eigenvalue weighted by atomic mass is 16.5. The van der Waals surface area contributed by atoms with Crippen LogP contribution in [0.4, 0.5) is 11.4 Å². The van der Waals surface area contributed by atoms with Crippen molar-refractivity contribution in [1.29, 1.82) is 0 Å². The number of carbonyl (C=O) groups is 3. The van der Waals surface area contributed by atoms with Crippen molar-refractivity contribution in [2.75, 3.05) is 13.2 Å². The molecular formula is C61H78N2O8. The second-order valence-corrected chi connectivity index (χ2v) is 18.4. The van der Waals surface area contributed by atoms with E-state index < -0.39 is 17.9 Å². The van der Waals surface area contributed by atoms with E-state index in [0.717, 1.165) is 25.0 Å². The highest BCUT2D eigenvalue weighted by Gasteiger charge is 2.13. The zero-order valence-electron chi connectivity index (χ0n) is 42.6. The summed E-state index contributed by atoms with van der Waals surface area (Å²) >= 11 is 0. The van der Waals surface area contributed by atoms with Gasteiger partial charge in [-0.25, -0.2) is 14.4 Å². The molecular weight excluding hydrogens is 889 g/mol. The molecule has 5 rings (SSSR count). The van der Waals surface area contributed by atoms with Crippen molar-refractivity contribution in [1.82, 2.24) is 0 Å². The Morgan fingerprint density at radius 2 is 0.634 bits per heavy atom. The molecule has 0 unspecified atom stereocenters. The van der Waals surface area contributed by atoms with Gasteiger partial charge in [-0.1, -0.05) is 161 Å². The number of unbranched alkanes of at least 4 members (excludes halogenated alkanes) is 22. The van der Waals surface area contributed by atoms with Crippen LogP contribution in [0.2, 0.25) is 0 Å². The number of ether oxygens (including phenoxy) is 5. The number of nitrogens with zero attached hydrogens (tertiary/aromatic N) is 2. The van der Waals surface area contributed by atoms with E-state index in [2.05, 4.69) is 24.1 Å². The fraction of sp³-hybridized carbons (Fsp3) is 0.459. The Balaban J connectivity index is 0.942. The zero-order chi connectivity index (χ0) is 50.0. The summed E-state index contributed by atoms with van der Waals surface area (Å²) in [5, 5.41) is 8.58. The maximum Gasteiger partial charge on any atom is 0.343 e.